The lowest BCUT2D eigenvalue weighted by molar-refractivity contribution is 0.638. The lowest BCUT2D eigenvalue weighted by Crippen LogP contribution is -2.30. The van der Waals surface area contributed by atoms with Crippen LogP contribution in [0.1, 0.15) is 25.7 Å². The molecule has 0 atom stereocenters. The molecule has 1 fully saturated rings. The smallest absolute Gasteiger partial charge is 0.144 e. The Morgan fingerprint density at radius 2 is 2.12 bits per heavy atom. The number of aromatic nitrogens is 1. The van der Waals surface area contributed by atoms with Gasteiger partial charge in [-0.15, -0.1) is 0 Å². The largest absolute Gasteiger partial charge is 0.367 e. The lowest BCUT2D eigenvalue weighted by Gasteiger charge is -2.27. The van der Waals surface area contributed by atoms with Crippen molar-refractivity contribution in [1.29, 1.82) is 0 Å². The maximum atomic E-state index is 6.09. The molecule has 0 unspecified atom stereocenters. The summed E-state index contributed by atoms with van der Waals surface area (Å²) < 4.78 is 0.352. The monoisotopic (exact) mass is 290 g/mol. The average Bonchev–Trinajstić information content (AvgIpc) is 2.77. The van der Waals surface area contributed by atoms with E-state index in [0.717, 1.165) is 12.4 Å². The number of hydrogen-bond donors (Lipinski definition) is 1. The zero-order valence-corrected chi connectivity index (χ0v) is 12.1. The van der Waals surface area contributed by atoms with E-state index in [1.807, 2.05) is 11.8 Å². The molecule has 0 aromatic carbocycles. The molecule has 0 aliphatic heterocycles. The van der Waals surface area contributed by atoms with E-state index in [9.17, 15) is 0 Å². The van der Waals surface area contributed by atoms with Crippen LogP contribution >= 0.6 is 35.0 Å². The van der Waals surface area contributed by atoms with Gasteiger partial charge in [0.25, 0.3) is 0 Å². The summed E-state index contributed by atoms with van der Waals surface area (Å²) in [6, 6.07) is 1.72. The van der Waals surface area contributed by atoms with Crippen LogP contribution in [0.25, 0.3) is 0 Å². The summed E-state index contributed by atoms with van der Waals surface area (Å²) in [6.45, 7) is 0.919. The van der Waals surface area contributed by atoms with Gasteiger partial charge in [0.2, 0.25) is 0 Å². The van der Waals surface area contributed by atoms with Crippen molar-refractivity contribution in [3.63, 3.8) is 0 Å². The van der Waals surface area contributed by atoms with Gasteiger partial charge in [0, 0.05) is 17.5 Å². The first-order valence-corrected chi connectivity index (χ1v) is 7.73. The van der Waals surface area contributed by atoms with Crippen LogP contribution in [-0.4, -0.2) is 22.5 Å². The molecule has 1 aromatic heterocycles. The summed E-state index contributed by atoms with van der Waals surface area (Å²) >= 11 is 13.9. The van der Waals surface area contributed by atoms with Gasteiger partial charge in [-0.25, -0.2) is 4.98 Å². The van der Waals surface area contributed by atoms with Gasteiger partial charge in [-0.1, -0.05) is 36.0 Å². The summed E-state index contributed by atoms with van der Waals surface area (Å²) in [7, 11) is 0. The molecule has 2 nitrogen and oxygen atoms in total. The highest BCUT2D eigenvalue weighted by Gasteiger charge is 2.32. The van der Waals surface area contributed by atoms with E-state index in [-0.39, 0.29) is 0 Å². The second kappa shape index (κ2) is 5.68. The molecule has 1 heterocycles. The Morgan fingerprint density at radius 3 is 2.71 bits per heavy atom. The molecular weight excluding hydrogens is 275 g/mol. The number of halogens is 2. The van der Waals surface area contributed by atoms with Crippen molar-refractivity contribution < 1.29 is 0 Å². The zero-order valence-electron chi connectivity index (χ0n) is 9.80. The number of thioether (sulfide) groups is 1. The van der Waals surface area contributed by atoms with E-state index in [0.29, 0.717) is 14.8 Å². The minimum absolute atomic E-state index is 0.352. The Hall–Kier alpha value is -0.120. The first-order chi connectivity index (χ1) is 8.15. The standard InChI is InChI=1S/C12H16Cl2N2S/c1-17-12(4-2-3-5-12)8-16-11-10(14)6-9(13)7-15-11/h6-7H,2-5,8H2,1H3,(H,15,16). The second-order valence-corrected chi connectivity index (χ2v) is 6.55. The molecule has 0 amide bonds. The van der Waals surface area contributed by atoms with Crippen LogP contribution in [0.5, 0.6) is 0 Å². The number of rotatable bonds is 4. The molecule has 1 aliphatic carbocycles. The number of anilines is 1. The topological polar surface area (TPSA) is 24.9 Å². The molecule has 1 saturated carbocycles. The van der Waals surface area contributed by atoms with Gasteiger partial charge in [0.05, 0.1) is 10.0 Å². The minimum Gasteiger partial charge on any atom is -0.367 e. The highest BCUT2D eigenvalue weighted by Crippen LogP contribution is 2.40. The molecule has 17 heavy (non-hydrogen) atoms. The van der Waals surface area contributed by atoms with Crippen molar-refractivity contribution in [2.24, 2.45) is 0 Å². The zero-order chi connectivity index (χ0) is 12.3. The summed E-state index contributed by atoms with van der Waals surface area (Å²) in [4.78, 5) is 4.22. The number of pyridine rings is 1. The quantitative estimate of drug-likeness (QED) is 0.885. The van der Waals surface area contributed by atoms with Gasteiger partial charge in [0.1, 0.15) is 5.82 Å². The second-order valence-electron chi connectivity index (χ2n) is 4.43. The molecule has 0 saturated heterocycles. The average molecular weight is 291 g/mol. The predicted molar refractivity (Wildman–Crippen MR) is 77.5 cm³/mol. The van der Waals surface area contributed by atoms with E-state index < -0.39 is 0 Å². The van der Waals surface area contributed by atoms with Crippen molar-refractivity contribution in [3.05, 3.63) is 22.3 Å². The number of nitrogens with zero attached hydrogens (tertiary/aromatic N) is 1. The molecular formula is C12H16Cl2N2S. The summed E-state index contributed by atoms with van der Waals surface area (Å²) in [5, 5.41) is 4.51. The van der Waals surface area contributed by atoms with Crippen molar-refractivity contribution in [3.8, 4) is 0 Å². The molecule has 1 N–H and O–H groups in total. The Kier molecular flexibility index (Phi) is 4.45. The first kappa shape index (κ1) is 13.3. The highest BCUT2D eigenvalue weighted by atomic mass is 35.5. The lowest BCUT2D eigenvalue weighted by atomic mass is 10.1. The maximum absolute atomic E-state index is 6.09. The van der Waals surface area contributed by atoms with Crippen LogP contribution in [0, 0.1) is 0 Å². The van der Waals surface area contributed by atoms with Crippen LogP contribution in [0.4, 0.5) is 5.82 Å². The van der Waals surface area contributed by atoms with Crippen LogP contribution in [-0.2, 0) is 0 Å². The first-order valence-electron chi connectivity index (χ1n) is 5.75. The van der Waals surface area contributed by atoms with E-state index in [4.69, 9.17) is 23.2 Å². The van der Waals surface area contributed by atoms with Crippen molar-refractivity contribution in [1.82, 2.24) is 4.98 Å². The highest BCUT2D eigenvalue weighted by molar-refractivity contribution is 8.00. The summed E-state index contributed by atoms with van der Waals surface area (Å²) in [5.41, 5.74) is 0. The van der Waals surface area contributed by atoms with Gasteiger partial charge in [-0.2, -0.15) is 11.8 Å². The van der Waals surface area contributed by atoms with Gasteiger partial charge in [-0.3, -0.25) is 0 Å². The SMILES string of the molecule is CSC1(CNc2ncc(Cl)cc2Cl)CCCC1. The van der Waals surface area contributed by atoms with E-state index in [1.54, 1.807) is 12.3 Å². The van der Waals surface area contributed by atoms with Gasteiger partial charge in [0.15, 0.2) is 0 Å². The van der Waals surface area contributed by atoms with Crippen LogP contribution in [0.3, 0.4) is 0 Å². The molecule has 0 bridgehead atoms. The van der Waals surface area contributed by atoms with E-state index in [2.05, 4.69) is 16.6 Å². The molecule has 2 rings (SSSR count). The Balaban J connectivity index is 2.01. The van der Waals surface area contributed by atoms with Gasteiger partial charge >= 0.3 is 0 Å². The third kappa shape index (κ3) is 3.21. The fourth-order valence-electron chi connectivity index (χ4n) is 2.26. The van der Waals surface area contributed by atoms with Crippen molar-refractivity contribution in [2.45, 2.75) is 30.4 Å². The number of nitrogens with one attached hydrogen (secondary N) is 1. The van der Waals surface area contributed by atoms with Gasteiger partial charge < -0.3 is 5.32 Å². The fraction of sp³-hybridized carbons (Fsp3) is 0.583. The molecule has 0 radical (unpaired) electrons. The van der Waals surface area contributed by atoms with E-state index >= 15 is 0 Å². The summed E-state index contributed by atoms with van der Waals surface area (Å²) in [5.74, 6) is 0.733. The molecule has 0 spiro atoms. The van der Waals surface area contributed by atoms with Crippen molar-refractivity contribution >= 4 is 40.8 Å². The van der Waals surface area contributed by atoms with Crippen LogP contribution in [0.2, 0.25) is 10.0 Å². The molecule has 94 valence electrons. The van der Waals surface area contributed by atoms with Crippen LogP contribution in [0.15, 0.2) is 12.3 Å². The van der Waals surface area contributed by atoms with Crippen LogP contribution < -0.4 is 5.32 Å². The molecule has 1 aromatic rings. The van der Waals surface area contributed by atoms with E-state index in [1.165, 1.54) is 25.7 Å². The van der Waals surface area contributed by atoms with Gasteiger partial charge in [-0.05, 0) is 25.2 Å². The summed E-state index contributed by atoms with van der Waals surface area (Å²) in [6.07, 6.45) is 8.99. The minimum atomic E-state index is 0.352. The predicted octanol–water partition coefficient (Wildman–Crippen LogP) is 4.48. The number of hydrogen-bond acceptors (Lipinski definition) is 3. The fourth-order valence-corrected chi connectivity index (χ4v) is 3.62. The normalized spacial score (nSPS) is 18.3. The Morgan fingerprint density at radius 1 is 1.41 bits per heavy atom. The Labute approximate surface area is 116 Å². The van der Waals surface area contributed by atoms with Crippen molar-refractivity contribution in [2.75, 3.05) is 18.1 Å². The molecule has 5 heteroatoms. The Bertz CT molecular complexity index is 392. The maximum Gasteiger partial charge on any atom is 0.144 e. The third-order valence-corrected chi connectivity index (χ3v) is 5.25. The molecule has 1 aliphatic rings. The third-order valence-electron chi connectivity index (χ3n) is 3.33.